The Morgan fingerprint density at radius 2 is 1.94 bits per heavy atom. The van der Waals surface area contributed by atoms with Gasteiger partial charge in [0.25, 0.3) is 0 Å². The molecule has 0 spiro atoms. The summed E-state index contributed by atoms with van der Waals surface area (Å²) >= 11 is 0. The molecular weight excluding hydrogens is 416 g/mol. The number of nitrogens with zero attached hydrogens (tertiary/aromatic N) is 5. The van der Waals surface area contributed by atoms with Crippen molar-refractivity contribution in [3.05, 3.63) is 66.2 Å². The van der Waals surface area contributed by atoms with Gasteiger partial charge >= 0.3 is 0 Å². The Kier molecular flexibility index (Phi) is 5.32. The minimum Gasteiger partial charge on any atom is -0.507 e. The zero-order valence-corrected chi connectivity index (χ0v) is 18.1. The van der Waals surface area contributed by atoms with Crippen molar-refractivity contribution in [2.45, 2.75) is 25.2 Å². The van der Waals surface area contributed by atoms with Crippen LogP contribution in [0.25, 0.3) is 34.0 Å². The lowest BCUT2D eigenvalue weighted by atomic mass is 9.77. The SMILES string of the molecule is Cc1ncc(-c2ccnc(C3(C#N)CCNCC3)c2)nc1-c1cc(-c2ccccc2O)no1.[HH].[HH]. The maximum atomic E-state index is 10.1. The number of benzene rings is 1. The summed E-state index contributed by atoms with van der Waals surface area (Å²) in [5, 5.41) is 27.5. The second kappa shape index (κ2) is 8.45. The molecule has 0 unspecified atom stereocenters. The molecule has 0 radical (unpaired) electrons. The summed E-state index contributed by atoms with van der Waals surface area (Å²) in [6.07, 6.45) is 4.87. The topological polar surface area (TPSA) is 121 Å². The molecule has 168 valence electrons. The first kappa shape index (κ1) is 20.8. The molecule has 4 heterocycles. The summed E-state index contributed by atoms with van der Waals surface area (Å²) < 4.78 is 5.56. The van der Waals surface area contributed by atoms with Crippen molar-refractivity contribution in [2.75, 3.05) is 13.1 Å². The molecule has 0 amide bonds. The molecule has 0 atom stereocenters. The van der Waals surface area contributed by atoms with E-state index in [1.807, 2.05) is 25.1 Å². The molecule has 4 aromatic rings. The van der Waals surface area contributed by atoms with Gasteiger partial charge in [0.15, 0.2) is 5.76 Å². The number of rotatable bonds is 4. The zero-order valence-electron chi connectivity index (χ0n) is 18.1. The predicted molar refractivity (Wildman–Crippen MR) is 126 cm³/mol. The molecule has 0 aliphatic carbocycles. The van der Waals surface area contributed by atoms with Gasteiger partial charge in [-0.25, -0.2) is 4.98 Å². The van der Waals surface area contributed by atoms with Crippen LogP contribution in [0.2, 0.25) is 0 Å². The number of para-hydroxylation sites is 1. The highest BCUT2D eigenvalue weighted by atomic mass is 16.5. The third-order valence-corrected chi connectivity index (χ3v) is 6.10. The van der Waals surface area contributed by atoms with Crippen LogP contribution in [0.5, 0.6) is 5.75 Å². The molecule has 1 fully saturated rings. The summed E-state index contributed by atoms with van der Waals surface area (Å²) in [6.45, 7) is 3.43. The molecule has 5 rings (SSSR count). The van der Waals surface area contributed by atoms with Crippen molar-refractivity contribution in [2.24, 2.45) is 0 Å². The van der Waals surface area contributed by atoms with Crippen LogP contribution in [-0.4, -0.2) is 38.3 Å². The average Bonchev–Trinajstić information content (AvgIpc) is 3.35. The van der Waals surface area contributed by atoms with Crippen LogP contribution in [-0.2, 0) is 5.41 Å². The lowest BCUT2D eigenvalue weighted by Gasteiger charge is -2.30. The Bertz CT molecular complexity index is 1360. The largest absolute Gasteiger partial charge is 0.507 e. The van der Waals surface area contributed by atoms with E-state index < -0.39 is 5.41 Å². The number of aryl methyl sites for hydroxylation is 1. The molecule has 1 aliphatic rings. The molecule has 2 N–H and O–H groups in total. The molecule has 3 aromatic heterocycles. The van der Waals surface area contributed by atoms with E-state index in [9.17, 15) is 10.4 Å². The monoisotopic (exact) mass is 442 g/mol. The van der Waals surface area contributed by atoms with E-state index in [0.717, 1.165) is 37.2 Å². The molecule has 0 bridgehead atoms. The van der Waals surface area contributed by atoms with Crippen LogP contribution < -0.4 is 5.32 Å². The fourth-order valence-electron chi connectivity index (χ4n) is 4.16. The van der Waals surface area contributed by atoms with Crippen LogP contribution in [0, 0.1) is 18.3 Å². The first-order chi connectivity index (χ1) is 16.1. The lowest BCUT2D eigenvalue weighted by molar-refractivity contribution is 0.375. The number of pyridine rings is 1. The van der Waals surface area contributed by atoms with E-state index in [-0.39, 0.29) is 8.60 Å². The standard InChI is InChI=1S/C25H22N6O2.2H2/c1-16-24(22-13-19(31-33-22)18-4-2-3-5-21(18)32)30-20(14-29-16)17-6-9-28-23(12-17)25(15-26)7-10-27-11-8-25;;/h2-6,9,12-14,27,32H,7-8,10-11H2,1H3;2*1H. The Morgan fingerprint density at radius 1 is 1.12 bits per heavy atom. The number of hydrogen-bond donors (Lipinski definition) is 2. The van der Waals surface area contributed by atoms with E-state index in [4.69, 9.17) is 9.51 Å². The van der Waals surface area contributed by atoms with Crippen LogP contribution in [0.4, 0.5) is 0 Å². The van der Waals surface area contributed by atoms with Gasteiger partial charge in [0.2, 0.25) is 0 Å². The Balaban J connectivity index is 0.00000171. The van der Waals surface area contributed by atoms with Crippen LogP contribution in [0.1, 0.15) is 27.1 Å². The summed E-state index contributed by atoms with van der Waals surface area (Å²) in [4.78, 5) is 13.8. The Morgan fingerprint density at radius 3 is 2.73 bits per heavy atom. The van der Waals surface area contributed by atoms with Crippen molar-refractivity contribution in [3.8, 4) is 45.8 Å². The lowest BCUT2D eigenvalue weighted by Crippen LogP contribution is -2.39. The second-order valence-corrected chi connectivity index (χ2v) is 8.16. The quantitative estimate of drug-likeness (QED) is 0.473. The Labute approximate surface area is 193 Å². The minimum atomic E-state index is -0.597. The predicted octanol–water partition coefficient (Wildman–Crippen LogP) is 4.51. The van der Waals surface area contributed by atoms with Gasteiger partial charge in [-0.1, -0.05) is 17.3 Å². The van der Waals surface area contributed by atoms with Gasteiger partial charge in [-0.2, -0.15) is 5.26 Å². The third-order valence-electron chi connectivity index (χ3n) is 6.10. The van der Waals surface area contributed by atoms with Crippen molar-refractivity contribution in [3.63, 3.8) is 0 Å². The van der Waals surface area contributed by atoms with E-state index in [0.29, 0.717) is 34.1 Å². The molecule has 1 saturated heterocycles. The number of aromatic nitrogens is 4. The maximum Gasteiger partial charge on any atom is 0.187 e. The Hall–Kier alpha value is -4.09. The van der Waals surface area contributed by atoms with Gasteiger partial charge in [0.1, 0.15) is 22.6 Å². The van der Waals surface area contributed by atoms with Gasteiger partial charge in [0, 0.05) is 26.2 Å². The first-order valence-corrected chi connectivity index (χ1v) is 10.8. The number of aromatic hydroxyl groups is 1. The average molecular weight is 443 g/mol. The number of piperidine rings is 1. The van der Waals surface area contributed by atoms with Crippen LogP contribution in [0.3, 0.4) is 0 Å². The fourth-order valence-corrected chi connectivity index (χ4v) is 4.16. The molecule has 0 saturated carbocycles. The first-order valence-electron chi connectivity index (χ1n) is 10.8. The molecule has 33 heavy (non-hydrogen) atoms. The van der Waals surface area contributed by atoms with Crippen molar-refractivity contribution >= 4 is 0 Å². The van der Waals surface area contributed by atoms with E-state index in [1.165, 1.54) is 0 Å². The summed E-state index contributed by atoms with van der Waals surface area (Å²) in [7, 11) is 0. The minimum absolute atomic E-state index is 0. The summed E-state index contributed by atoms with van der Waals surface area (Å²) in [5.74, 6) is 0.587. The molecule has 8 nitrogen and oxygen atoms in total. The number of hydrogen-bond acceptors (Lipinski definition) is 8. The van der Waals surface area contributed by atoms with Crippen molar-refractivity contribution < 1.29 is 12.5 Å². The smallest absolute Gasteiger partial charge is 0.187 e. The summed E-state index contributed by atoms with van der Waals surface area (Å²) in [6, 6.07) is 15.0. The number of phenolic OH excluding ortho intramolecular Hbond substituents is 1. The van der Waals surface area contributed by atoms with Gasteiger partial charge < -0.3 is 14.9 Å². The number of nitrogens with one attached hydrogen (secondary N) is 1. The van der Waals surface area contributed by atoms with Crippen molar-refractivity contribution in [1.82, 2.24) is 25.4 Å². The van der Waals surface area contributed by atoms with Crippen LogP contribution in [0.15, 0.2) is 59.4 Å². The van der Waals surface area contributed by atoms with Gasteiger partial charge in [-0.3, -0.25) is 9.97 Å². The van der Waals surface area contributed by atoms with E-state index in [2.05, 4.69) is 26.5 Å². The van der Waals surface area contributed by atoms with Crippen LogP contribution >= 0.6 is 0 Å². The molecule has 1 aromatic carbocycles. The van der Waals surface area contributed by atoms with Gasteiger partial charge in [-0.15, -0.1) is 0 Å². The summed E-state index contributed by atoms with van der Waals surface area (Å²) in [5.41, 5.74) is 4.01. The van der Waals surface area contributed by atoms with Gasteiger partial charge in [-0.05, 0) is 57.1 Å². The maximum absolute atomic E-state index is 10.1. The highest BCUT2D eigenvalue weighted by Gasteiger charge is 2.35. The zero-order chi connectivity index (χ0) is 22.8. The highest BCUT2D eigenvalue weighted by Crippen LogP contribution is 2.35. The molecular formula is C25H26N6O2. The highest BCUT2D eigenvalue weighted by molar-refractivity contribution is 5.71. The molecule has 1 aliphatic heterocycles. The third kappa shape index (κ3) is 3.83. The number of phenols is 1. The number of nitriles is 1. The van der Waals surface area contributed by atoms with Gasteiger partial charge in [0.05, 0.1) is 29.3 Å². The van der Waals surface area contributed by atoms with Crippen molar-refractivity contribution in [1.29, 1.82) is 5.26 Å². The van der Waals surface area contributed by atoms with E-state index >= 15 is 0 Å². The normalized spacial score (nSPS) is 15.2. The van der Waals surface area contributed by atoms with E-state index in [1.54, 1.807) is 36.7 Å². The second-order valence-electron chi connectivity index (χ2n) is 8.16. The molecule has 8 heteroatoms. The fraction of sp³-hybridized carbons (Fsp3) is 0.240.